The molecule has 0 aliphatic rings. The molecule has 0 unspecified atom stereocenters. The maximum absolute atomic E-state index is 13.6. The van der Waals surface area contributed by atoms with Crippen molar-refractivity contribution in [2.45, 2.75) is 17.9 Å². The summed E-state index contributed by atoms with van der Waals surface area (Å²) in [6.07, 6.45) is 0. The fraction of sp³-hybridized carbons (Fsp3) is 0.107. The highest BCUT2D eigenvalue weighted by Crippen LogP contribution is 2.30. The van der Waals surface area contributed by atoms with E-state index in [0.29, 0.717) is 0 Å². The Hall–Kier alpha value is -3.61. The SMILES string of the molecule is Cc1ccc([C@H](NC(=O)CN(c2ccccc2Cl)S(=O)(=O)c2ccccc2)c2ccccc2)cc1. The Balaban J connectivity index is 1.69. The molecule has 0 saturated carbocycles. The molecule has 0 aliphatic heterocycles. The van der Waals surface area contributed by atoms with E-state index in [1.807, 2.05) is 61.5 Å². The van der Waals surface area contributed by atoms with Gasteiger partial charge in [0.1, 0.15) is 6.54 Å². The smallest absolute Gasteiger partial charge is 0.264 e. The summed E-state index contributed by atoms with van der Waals surface area (Å²) in [7, 11) is -4.05. The van der Waals surface area contributed by atoms with E-state index in [1.54, 1.807) is 42.5 Å². The van der Waals surface area contributed by atoms with Gasteiger partial charge < -0.3 is 5.32 Å². The zero-order chi connectivity index (χ0) is 24.8. The molecule has 0 spiro atoms. The van der Waals surface area contributed by atoms with E-state index in [9.17, 15) is 13.2 Å². The first-order valence-corrected chi connectivity index (χ1v) is 12.9. The Bertz CT molecular complexity index is 1390. The van der Waals surface area contributed by atoms with Crippen LogP contribution in [0.5, 0.6) is 0 Å². The zero-order valence-corrected chi connectivity index (χ0v) is 20.7. The maximum Gasteiger partial charge on any atom is 0.264 e. The van der Waals surface area contributed by atoms with Crippen LogP contribution in [0.25, 0.3) is 0 Å². The van der Waals surface area contributed by atoms with Crippen molar-refractivity contribution in [3.63, 3.8) is 0 Å². The van der Waals surface area contributed by atoms with E-state index in [2.05, 4.69) is 5.32 Å². The quantitative estimate of drug-likeness (QED) is 0.332. The number of nitrogens with zero attached hydrogens (tertiary/aromatic N) is 1. The van der Waals surface area contributed by atoms with E-state index in [1.165, 1.54) is 12.1 Å². The number of hydrogen-bond donors (Lipinski definition) is 1. The Labute approximate surface area is 211 Å². The number of anilines is 1. The fourth-order valence-corrected chi connectivity index (χ4v) is 5.52. The molecule has 178 valence electrons. The van der Waals surface area contributed by atoms with Crippen LogP contribution < -0.4 is 9.62 Å². The molecule has 4 rings (SSSR count). The Morgan fingerprint density at radius 3 is 1.97 bits per heavy atom. The molecule has 0 heterocycles. The number of benzene rings is 4. The number of para-hydroxylation sites is 1. The lowest BCUT2D eigenvalue weighted by Crippen LogP contribution is -2.42. The van der Waals surface area contributed by atoms with Gasteiger partial charge in [-0.25, -0.2) is 8.42 Å². The normalized spacial score (nSPS) is 12.1. The number of carbonyl (C=O) groups is 1. The third kappa shape index (κ3) is 5.73. The van der Waals surface area contributed by atoms with E-state index >= 15 is 0 Å². The van der Waals surface area contributed by atoms with Gasteiger partial charge in [-0.3, -0.25) is 9.10 Å². The summed E-state index contributed by atoms with van der Waals surface area (Å²) in [5, 5.41) is 3.26. The van der Waals surface area contributed by atoms with E-state index in [4.69, 9.17) is 11.6 Å². The van der Waals surface area contributed by atoms with Crippen molar-refractivity contribution in [3.8, 4) is 0 Å². The maximum atomic E-state index is 13.6. The van der Waals surface area contributed by atoms with Gasteiger partial charge in [0.05, 0.1) is 21.6 Å². The third-order valence-electron chi connectivity index (χ3n) is 5.59. The molecule has 4 aromatic carbocycles. The number of hydrogen-bond acceptors (Lipinski definition) is 3. The van der Waals surface area contributed by atoms with Crippen LogP contribution in [0.3, 0.4) is 0 Å². The minimum Gasteiger partial charge on any atom is -0.344 e. The highest BCUT2D eigenvalue weighted by molar-refractivity contribution is 7.92. The predicted molar refractivity (Wildman–Crippen MR) is 140 cm³/mol. The average Bonchev–Trinajstić information content (AvgIpc) is 2.88. The molecule has 4 aromatic rings. The molecule has 0 aromatic heterocycles. The molecular weight excluding hydrogens is 480 g/mol. The molecule has 5 nitrogen and oxygen atoms in total. The second kappa shape index (κ2) is 10.8. The number of carbonyl (C=O) groups excluding carboxylic acids is 1. The second-order valence-electron chi connectivity index (χ2n) is 8.10. The standard InChI is InChI=1S/C28H25ClN2O3S/c1-21-16-18-23(19-17-21)28(22-10-4-2-5-11-22)30-27(32)20-31(26-15-9-8-14-25(26)29)35(33,34)24-12-6-3-7-13-24/h2-19,28H,20H2,1H3,(H,30,32)/t28-/m1/s1. The first-order chi connectivity index (χ1) is 16.9. The van der Waals surface area contributed by atoms with Crippen molar-refractivity contribution in [2.75, 3.05) is 10.8 Å². The van der Waals surface area contributed by atoms with Gasteiger partial charge in [0, 0.05) is 0 Å². The molecule has 7 heteroatoms. The summed E-state index contributed by atoms with van der Waals surface area (Å²) in [5.74, 6) is -0.459. The Kier molecular flexibility index (Phi) is 7.54. The molecule has 0 bridgehead atoms. The Morgan fingerprint density at radius 1 is 0.800 bits per heavy atom. The lowest BCUT2D eigenvalue weighted by atomic mass is 9.98. The molecule has 1 atom stereocenters. The van der Waals surface area contributed by atoms with Crippen LogP contribution in [0.15, 0.2) is 114 Å². The number of rotatable bonds is 8. The molecule has 0 fully saturated rings. The molecule has 0 saturated heterocycles. The first-order valence-electron chi connectivity index (χ1n) is 11.1. The van der Waals surface area contributed by atoms with Crippen molar-refractivity contribution in [1.29, 1.82) is 0 Å². The minimum absolute atomic E-state index is 0.0749. The summed E-state index contributed by atoms with van der Waals surface area (Å²) in [5.41, 5.74) is 3.12. The van der Waals surface area contributed by atoms with Crippen molar-refractivity contribution < 1.29 is 13.2 Å². The fourth-order valence-electron chi connectivity index (χ4n) is 3.77. The molecule has 0 aliphatic carbocycles. The monoisotopic (exact) mass is 504 g/mol. The van der Waals surface area contributed by atoms with Crippen LogP contribution in [-0.4, -0.2) is 20.9 Å². The number of nitrogens with one attached hydrogen (secondary N) is 1. The predicted octanol–water partition coefficient (Wildman–Crippen LogP) is 5.75. The van der Waals surface area contributed by atoms with Crippen LogP contribution in [0.1, 0.15) is 22.7 Å². The number of halogens is 1. The van der Waals surface area contributed by atoms with Crippen molar-refractivity contribution in [2.24, 2.45) is 0 Å². The third-order valence-corrected chi connectivity index (χ3v) is 7.68. The summed E-state index contributed by atoms with van der Waals surface area (Å²) in [6.45, 7) is 1.56. The zero-order valence-electron chi connectivity index (χ0n) is 19.1. The number of aryl methyl sites for hydroxylation is 1. The summed E-state index contributed by atoms with van der Waals surface area (Å²) in [4.78, 5) is 13.5. The number of sulfonamides is 1. The van der Waals surface area contributed by atoms with Gasteiger partial charge in [-0.15, -0.1) is 0 Å². The van der Waals surface area contributed by atoms with Crippen molar-refractivity contribution in [3.05, 3.63) is 131 Å². The summed E-state index contributed by atoms with van der Waals surface area (Å²) >= 11 is 6.37. The molecular formula is C28H25ClN2O3S. The summed E-state index contributed by atoms with van der Waals surface area (Å²) in [6, 6.07) is 31.6. The first kappa shape index (κ1) is 24.5. The topological polar surface area (TPSA) is 66.5 Å². The van der Waals surface area contributed by atoms with Crippen LogP contribution in [0.2, 0.25) is 5.02 Å². The largest absolute Gasteiger partial charge is 0.344 e. The second-order valence-corrected chi connectivity index (χ2v) is 10.4. The molecule has 1 amide bonds. The van der Waals surface area contributed by atoms with E-state index in [0.717, 1.165) is 21.0 Å². The van der Waals surface area contributed by atoms with Gasteiger partial charge in [0.25, 0.3) is 10.0 Å². The lowest BCUT2D eigenvalue weighted by Gasteiger charge is -2.27. The lowest BCUT2D eigenvalue weighted by molar-refractivity contribution is -0.120. The van der Waals surface area contributed by atoms with Gasteiger partial charge in [0.15, 0.2) is 0 Å². The van der Waals surface area contributed by atoms with Crippen molar-refractivity contribution in [1.82, 2.24) is 5.32 Å². The highest BCUT2D eigenvalue weighted by Gasteiger charge is 2.29. The number of amides is 1. The van der Waals surface area contributed by atoms with E-state index < -0.39 is 28.5 Å². The van der Waals surface area contributed by atoms with Crippen LogP contribution in [-0.2, 0) is 14.8 Å². The average molecular weight is 505 g/mol. The van der Waals surface area contributed by atoms with Crippen LogP contribution in [0.4, 0.5) is 5.69 Å². The van der Waals surface area contributed by atoms with Crippen LogP contribution >= 0.6 is 11.6 Å². The van der Waals surface area contributed by atoms with Gasteiger partial charge in [0.2, 0.25) is 5.91 Å². The van der Waals surface area contributed by atoms with Crippen LogP contribution in [0, 0.1) is 6.92 Å². The molecule has 0 radical (unpaired) electrons. The van der Waals surface area contributed by atoms with Gasteiger partial charge in [-0.1, -0.05) is 102 Å². The summed E-state index contributed by atoms with van der Waals surface area (Å²) < 4.78 is 28.2. The van der Waals surface area contributed by atoms with E-state index in [-0.39, 0.29) is 15.6 Å². The molecule has 35 heavy (non-hydrogen) atoms. The van der Waals surface area contributed by atoms with Crippen molar-refractivity contribution >= 4 is 33.2 Å². The Morgan fingerprint density at radius 2 is 1.34 bits per heavy atom. The van der Waals surface area contributed by atoms with Gasteiger partial charge in [-0.2, -0.15) is 0 Å². The van der Waals surface area contributed by atoms with Gasteiger partial charge >= 0.3 is 0 Å². The molecule has 1 N–H and O–H groups in total. The minimum atomic E-state index is -4.05. The van der Waals surface area contributed by atoms with Gasteiger partial charge in [-0.05, 0) is 42.3 Å². The highest BCUT2D eigenvalue weighted by atomic mass is 35.5.